The van der Waals surface area contributed by atoms with E-state index in [2.05, 4.69) is 62.9 Å². The van der Waals surface area contributed by atoms with Gasteiger partial charge in [-0.25, -0.2) is 0 Å². The molecule has 3 aliphatic carbocycles. The molecule has 2 unspecified atom stereocenters. The molecular formula is C35H46O2S. The standard InChI is InChI=1S/C35H46O2S/c1-23-19-28(27-7-5-4-6-8-27)12-13-29(23)30-21-35(3)17-15-25-11-14-32(36)33(20-25)37-34(24(30)2)31(35)16-18-38-22-26-9-10-26/h11-14,19-20,26-27,31,34,36H,4-10,15-18,21-22H2,1-3H3/t31?,34-,35?/m0/s1. The van der Waals surface area contributed by atoms with Crippen LogP contribution >= 0.6 is 11.8 Å². The fourth-order valence-corrected chi connectivity index (χ4v) is 8.85. The molecule has 4 aliphatic rings. The molecule has 4 bridgehead atoms. The first kappa shape index (κ1) is 26.4. The van der Waals surface area contributed by atoms with E-state index in [4.69, 9.17) is 4.74 Å². The minimum Gasteiger partial charge on any atom is -0.504 e. The van der Waals surface area contributed by atoms with Gasteiger partial charge in [0.05, 0.1) is 0 Å². The Morgan fingerprint density at radius 1 is 1.00 bits per heavy atom. The molecule has 1 N–H and O–H groups in total. The Morgan fingerprint density at radius 3 is 2.58 bits per heavy atom. The number of rotatable bonds is 7. The average Bonchev–Trinajstić information content (AvgIpc) is 3.75. The Bertz CT molecular complexity index is 1190. The van der Waals surface area contributed by atoms with Crippen LogP contribution in [0.15, 0.2) is 42.0 Å². The highest BCUT2D eigenvalue weighted by Crippen LogP contribution is 2.54. The molecule has 1 aliphatic heterocycles. The minimum absolute atomic E-state index is 0.00180. The number of hydrogen-bond acceptors (Lipinski definition) is 3. The Morgan fingerprint density at radius 2 is 1.82 bits per heavy atom. The maximum absolute atomic E-state index is 10.7. The van der Waals surface area contributed by atoms with Gasteiger partial charge in [0.25, 0.3) is 0 Å². The van der Waals surface area contributed by atoms with Crippen LogP contribution in [0.1, 0.15) is 106 Å². The molecule has 38 heavy (non-hydrogen) atoms. The molecule has 2 aromatic carbocycles. The van der Waals surface area contributed by atoms with E-state index in [-0.39, 0.29) is 17.3 Å². The Balaban J connectivity index is 1.35. The highest BCUT2D eigenvalue weighted by atomic mass is 32.2. The van der Waals surface area contributed by atoms with Gasteiger partial charge in [0.15, 0.2) is 11.5 Å². The molecule has 3 heteroatoms. The molecule has 0 saturated heterocycles. The van der Waals surface area contributed by atoms with Gasteiger partial charge in [-0.3, -0.25) is 0 Å². The number of thioether (sulfide) groups is 1. The van der Waals surface area contributed by atoms with Gasteiger partial charge in [0, 0.05) is 5.92 Å². The third-order valence-electron chi connectivity index (χ3n) is 10.3. The van der Waals surface area contributed by atoms with Crippen molar-refractivity contribution in [2.24, 2.45) is 17.3 Å². The van der Waals surface area contributed by atoms with Crippen molar-refractivity contribution < 1.29 is 9.84 Å². The number of fused-ring (bicyclic) bond motifs is 4. The molecular weight excluding hydrogens is 484 g/mol. The summed E-state index contributed by atoms with van der Waals surface area (Å²) in [5, 5.41) is 10.7. The maximum Gasteiger partial charge on any atom is 0.162 e. The largest absolute Gasteiger partial charge is 0.504 e. The van der Waals surface area contributed by atoms with Crippen LogP contribution in [0.4, 0.5) is 0 Å². The second-order valence-corrected chi connectivity index (χ2v) is 14.3. The molecule has 2 aromatic rings. The van der Waals surface area contributed by atoms with E-state index >= 15 is 0 Å². The zero-order valence-electron chi connectivity index (χ0n) is 23.7. The van der Waals surface area contributed by atoms with Crippen LogP contribution in [0.25, 0.3) is 5.57 Å². The van der Waals surface area contributed by atoms with E-state index in [1.165, 1.54) is 90.7 Å². The molecule has 0 radical (unpaired) electrons. The lowest BCUT2D eigenvalue weighted by molar-refractivity contribution is 0.0489. The van der Waals surface area contributed by atoms with E-state index in [1.54, 1.807) is 5.56 Å². The van der Waals surface area contributed by atoms with Gasteiger partial charge in [-0.05, 0) is 140 Å². The molecule has 2 fully saturated rings. The smallest absolute Gasteiger partial charge is 0.162 e. The van der Waals surface area contributed by atoms with Gasteiger partial charge in [-0.15, -0.1) is 0 Å². The highest BCUT2D eigenvalue weighted by molar-refractivity contribution is 7.99. The first-order valence-corrected chi connectivity index (χ1v) is 16.4. The lowest BCUT2D eigenvalue weighted by Crippen LogP contribution is -2.44. The van der Waals surface area contributed by atoms with Crippen molar-refractivity contribution in [2.75, 3.05) is 11.5 Å². The van der Waals surface area contributed by atoms with E-state index in [1.807, 2.05) is 6.07 Å². The van der Waals surface area contributed by atoms with Crippen LogP contribution in [0.2, 0.25) is 0 Å². The van der Waals surface area contributed by atoms with Crippen LogP contribution in [-0.2, 0) is 6.42 Å². The molecule has 2 nitrogen and oxygen atoms in total. The third kappa shape index (κ3) is 5.42. The topological polar surface area (TPSA) is 29.5 Å². The number of phenolic OH excluding ortho intramolecular Hbond substituents is 1. The molecule has 2 saturated carbocycles. The number of hydrogen-bond donors (Lipinski definition) is 1. The number of aromatic hydroxyl groups is 1. The van der Waals surface area contributed by atoms with Gasteiger partial charge in [-0.2, -0.15) is 11.8 Å². The van der Waals surface area contributed by atoms with Crippen molar-refractivity contribution in [1.82, 2.24) is 0 Å². The van der Waals surface area contributed by atoms with Crippen molar-refractivity contribution in [2.45, 2.75) is 103 Å². The first-order chi connectivity index (χ1) is 18.4. The second-order valence-electron chi connectivity index (χ2n) is 13.2. The Hall–Kier alpha value is -1.87. The summed E-state index contributed by atoms with van der Waals surface area (Å²) in [5.74, 6) is 5.62. The molecule has 1 heterocycles. The second kappa shape index (κ2) is 11.0. The number of aryl methyl sites for hydroxylation is 2. The SMILES string of the molecule is CC1=C(c2ccc(C3CCCCC3)cc2C)CC2(C)CCc3ccc(O)c(c3)O[C@@H]1C2CCSCC1CC1. The molecule has 204 valence electrons. The summed E-state index contributed by atoms with van der Waals surface area (Å²) in [6.45, 7) is 7.17. The molecule has 0 aromatic heterocycles. The summed E-state index contributed by atoms with van der Waals surface area (Å²) in [7, 11) is 0. The van der Waals surface area contributed by atoms with Gasteiger partial charge in [0.1, 0.15) is 6.10 Å². The predicted octanol–water partition coefficient (Wildman–Crippen LogP) is 9.48. The summed E-state index contributed by atoms with van der Waals surface area (Å²) >= 11 is 2.15. The van der Waals surface area contributed by atoms with Crippen LogP contribution in [0.5, 0.6) is 11.5 Å². The lowest BCUT2D eigenvalue weighted by atomic mass is 9.60. The maximum atomic E-state index is 10.7. The van der Waals surface area contributed by atoms with Gasteiger partial charge in [-0.1, -0.05) is 50.5 Å². The van der Waals surface area contributed by atoms with E-state index in [0.29, 0.717) is 11.7 Å². The minimum atomic E-state index is 0.00180. The normalized spacial score (nSPS) is 27.9. The summed E-state index contributed by atoms with van der Waals surface area (Å²) in [4.78, 5) is 0. The van der Waals surface area contributed by atoms with Crippen molar-refractivity contribution >= 4 is 17.3 Å². The lowest BCUT2D eigenvalue weighted by Gasteiger charge is -2.47. The van der Waals surface area contributed by atoms with Crippen LogP contribution in [0.3, 0.4) is 0 Å². The average molecular weight is 531 g/mol. The van der Waals surface area contributed by atoms with E-state index < -0.39 is 0 Å². The monoisotopic (exact) mass is 530 g/mol. The van der Waals surface area contributed by atoms with Crippen molar-refractivity contribution in [3.8, 4) is 11.5 Å². The highest BCUT2D eigenvalue weighted by Gasteiger charge is 2.46. The summed E-state index contributed by atoms with van der Waals surface area (Å²) in [6.07, 6.45) is 14.2. The molecule has 3 atom stereocenters. The quantitative estimate of drug-likeness (QED) is 0.361. The Kier molecular flexibility index (Phi) is 7.60. The summed E-state index contributed by atoms with van der Waals surface area (Å²) in [5.41, 5.74) is 8.68. The zero-order chi connectivity index (χ0) is 26.3. The van der Waals surface area contributed by atoms with Crippen molar-refractivity contribution in [3.63, 3.8) is 0 Å². The number of phenols is 1. The third-order valence-corrected chi connectivity index (χ3v) is 11.5. The molecule has 0 amide bonds. The van der Waals surface area contributed by atoms with E-state index in [0.717, 1.165) is 31.1 Å². The van der Waals surface area contributed by atoms with Crippen molar-refractivity contribution in [3.05, 3.63) is 64.2 Å². The Labute approximate surface area is 234 Å². The van der Waals surface area contributed by atoms with Crippen LogP contribution in [-0.4, -0.2) is 22.7 Å². The summed E-state index contributed by atoms with van der Waals surface area (Å²) < 4.78 is 6.85. The van der Waals surface area contributed by atoms with Crippen LogP contribution in [0, 0.1) is 24.2 Å². The van der Waals surface area contributed by atoms with Gasteiger partial charge in [0.2, 0.25) is 0 Å². The molecule has 0 spiro atoms. The van der Waals surface area contributed by atoms with Crippen LogP contribution < -0.4 is 4.74 Å². The predicted molar refractivity (Wildman–Crippen MR) is 161 cm³/mol. The van der Waals surface area contributed by atoms with Gasteiger partial charge >= 0.3 is 0 Å². The number of allylic oxidation sites excluding steroid dienone is 1. The summed E-state index contributed by atoms with van der Waals surface area (Å²) in [6, 6.07) is 13.4. The zero-order valence-corrected chi connectivity index (χ0v) is 24.5. The van der Waals surface area contributed by atoms with Gasteiger partial charge < -0.3 is 9.84 Å². The number of benzene rings is 2. The fourth-order valence-electron chi connectivity index (χ4n) is 7.60. The number of ether oxygens (including phenoxy) is 1. The van der Waals surface area contributed by atoms with E-state index in [9.17, 15) is 5.11 Å². The first-order valence-electron chi connectivity index (χ1n) is 15.3. The molecule has 6 rings (SSSR count). The van der Waals surface area contributed by atoms with Crippen molar-refractivity contribution in [1.29, 1.82) is 0 Å². The fraction of sp³-hybridized carbons (Fsp3) is 0.600.